The van der Waals surface area contributed by atoms with E-state index in [1.807, 2.05) is 12.1 Å². The summed E-state index contributed by atoms with van der Waals surface area (Å²) < 4.78 is 31.1. The molecule has 2 rings (SSSR count). The number of ether oxygens (including phenoxy) is 1. The molecule has 5 nitrogen and oxygen atoms in total. The van der Waals surface area contributed by atoms with E-state index in [0.717, 1.165) is 5.56 Å². The van der Waals surface area contributed by atoms with E-state index in [0.29, 0.717) is 18.6 Å². The van der Waals surface area contributed by atoms with Gasteiger partial charge in [-0.05, 0) is 30.3 Å². The highest BCUT2D eigenvalue weighted by molar-refractivity contribution is 7.92. The predicted molar refractivity (Wildman–Crippen MR) is 68.0 cm³/mol. The van der Waals surface area contributed by atoms with E-state index in [4.69, 9.17) is 10.5 Å². The smallest absolute Gasteiger partial charge is 0.272 e. The molecule has 7 heteroatoms. The molecule has 0 radical (unpaired) electrons. The monoisotopic (exact) mass is 272 g/mol. The van der Waals surface area contributed by atoms with E-state index in [1.165, 1.54) is 0 Å². The van der Waals surface area contributed by atoms with Gasteiger partial charge in [0, 0.05) is 6.42 Å². The fraction of sp³-hybridized carbons (Fsp3) is 0.300. The molecule has 1 aliphatic heterocycles. The molecule has 17 heavy (non-hydrogen) atoms. The number of thiocarbonyl (C=S) groups is 1. The molecule has 0 amide bonds. The second-order valence-electron chi connectivity index (χ2n) is 3.71. The van der Waals surface area contributed by atoms with Crippen molar-refractivity contribution in [3.05, 3.63) is 29.8 Å². The van der Waals surface area contributed by atoms with Gasteiger partial charge < -0.3 is 10.5 Å². The van der Waals surface area contributed by atoms with Crippen molar-refractivity contribution in [1.82, 2.24) is 4.72 Å². The van der Waals surface area contributed by atoms with Crippen LogP contribution in [-0.4, -0.2) is 19.0 Å². The molecule has 3 N–H and O–H groups in total. The van der Waals surface area contributed by atoms with Crippen molar-refractivity contribution < 1.29 is 13.2 Å². The summed E-state index contributed by atoms with van der Waals surface area (Å²) in [7, 11) is -3.66. The van der Waals surface area contributed by atoms with Gasteiger partial charge in [-0.15, -0.1) is 0 Å². The van der Waals surface area contributed by atoms with Crippen LogP contribution in [-0.2, 0) is 16.4 Å². The average molecular weight is 272 g/mol. The number of sulfonamides is 1. The van der Waals surface area contributed by atoms with Gasteiger partial charge in [0.05, 0.1) is 0 Å². The van der Waals surface area contributed by atoms with Crippen molar-refractivity contribution in [2.45, 2.75) is 18.3 Å². The van der Waals surface area contributed by atoms with Crippen LogP contribution in [0.15, 0.2) is 24.3 Å². The Labute approximate surface area is 105 Å². The maximum Gasteiger partial charge on any atom is 0.272 e. The highest BCUT2D eigenvalue weighted by Crippen LogP contribution is 2.28. The number of hydrogen-bond donors (Lipinski definition) is 2. The molecule has 1 heterocycles. The van der Waals surface area contributed by atoms with Gasteiger partial charge in [0.1, 0.15) is 5.75 Å². The van der Waals surface area contributed by atoms with Gasteiger partial charge in [-0.25, -0.2) is 8.42 Å². The highest BCUT2D eigenvalue weighted by atomic mass is 32.2. The third-order valence-electron chi connectivity index (χ3n) is 2.47. The molecule has 1 unspecified atom stereocenters. The average Bonchev–Trinajstić information content (AvgIpc) is 2.26. The first-order valence-electron chi connectivity index (χ1n) is 5.04. The number of para-hydroxylation sites is 1. The Bertz CT molecular complexity index is 542. The van der Waals surface area contributed by atoms with Gasteiger partial charge in [-0.2, -0.15) is 0 Å². The summed E-state index contributed by atoms with van der Waals surface area (Å²) >= 11 is 4.52. The largest absolute Gasteiger partial charge is 0.472 e. The first kappa shape index (κ1) is 12.1. The number of rotatable bonds is 2. The van der Waals surface area contributed by atoms with Crippen LogP contribution in [0.3, 0.4) is 0 Å². The minimum Gasteiger partial charge on any atom is -0.472 e. The summed E-state index contributed by atoms with van der Waals surface area (Å²) in [4.78, 5) is 0. The van der Waals surface area contributed by atoms with Gasteiger partial charge in [0.2, 0.25) is 5.44 Å². The van der Waals surface area contributed by atoms with Gasteiger partial charge >= 0.3 is 0 Å². The van der Waals surface area contributed by atoms with Gasteiger partial charge in [0.25, 0.3) is 10.0 Å². The molecular formula is C10H12N2O3S2. The fourth-order valence-electron chi connectivity index (χ4n) is 1.72. The van der Waals surface area contributed by atoms with E-state index >= 15 is 0 Å². The number of benzene rings is 1. The van der Waals surface area contributed by atoms with Crippen LogP contribution < -0.4 is 15.2 Å². The van der Waals surface area contributed by atoms with Crippen LogP contribution in [0.1, 0.15) is 12.0 Å². The van der Waals surface area contributed by atoms with E-state index in [9.17, 15) is 8.42 Å². The van der Waals surface area contributed by atoms with Crippen LogP contribution >= 0.6 is 12.2 Å². The number of fused-ring (bicyclic) bond motifs is 1. The third-order valence-corrected chi connectivity index (χ3v) is 4.23. The Morgan fingerprint density at radius 3 is 2.88 bits per heavy atom. The second kappa shape index (κ2) is 4.50. The molecule has 0 spiro atoms. The lowest BCUT2D eigenvalue weighted by Gasteiger charge is -2.25. The van der Waals surface area contributed by atoms with Crippen LogP contribution in [0.5, 0.6) is 5.75 Å². The Hall–Kier alpha value is -1.34. The Morgan fingerprint density at radius 1 is 1.47 bits per heavy atom. The van der Waals surface area contributed by atoms with Crippen molar-refractivity contribution >= 4 is 27.4 Å². The number of hydrogen-bond acceptors (Lipinski definition) is 4. The van der Waals surface area contributed by atoms with E-state index < -0.39 is 15.5 Å². The Kier molecular flexibility index (Phi) is 3.21. The van der Waals surface area contributed by atoms with E-state index in [1.54, 1.807) is 12.1 Å². The number of aryl methyl sites for hydroxylation is 1. The lowest BCUT2D eigenvalue weighted by atomic mass is 10.1. The highest BCUT2D eigenvalue weighted by Gasteiger charge is 2.31. The molecule has 1 aromatic carbocycles. The zero-order valence-corrected chi connectivity index (χ0v) is 10.6. The van der Waals surface area contributed by atoms with Crippen LogP contribution in [0, 0.1) is 0 Å². The molecule has 1 aromatic rings. The standard InChI is InChI=1S/C10H12N2O3S2/c11-10(16)12-17(13,14)9-6-5-7-3-1-2-4-8(7)15-9/h1-4,9H,5-6H2,(H3,11,12,16). The molecule has 0 aliphatic carbocycles. The van der Waals surface area contributed by atoms with Crippen molar-refractivity contribution in [1.29, 1.82) is 0 Å². The molecule has 1 atom stereocenters. The van der Waals surface area contributed by atoms with Crippen molar-refractivity contribution in [2.24, 2.45) is 5.73 Å². The zero-order chi connectivity index (χ0) is 12.5. The van der Waals surface area contributed by atoms with Gasteiger partial charge in [-0.3, -0.25) is 4.72 Å². The van der Waals surface area contributed by atoms with Gasteiger partial charge in [0.15, 0.2) is 5.11 Å². The summed E-state index contributed by atoms with van der Waals surface area (Å²) in [5, 5.41) is -0.271. The first-order valence-corrected chi connectivity index (χ1v) is 7.00. The fourth-order valence-corrected chi connectivity index (χ4v) is 3.14. The molecule has 1 aliphatic rings. The number of nitrogens with two attached hydrogens (primary N) is 1. The van der Waals surface area contributed by atoms with Crippen LogP contribution in [0.2, 0.25) is 0 Å². The molecule has 0 saturated carbocycles. The SMILES string of the molecule is NC(=S)NS(=O)(=O)C1CCc2ccccc2O1. The van der Waals surface area contributed by atoms with Crippen molar-refractivity contribution in [3.8, 4) is 5.75 Å². The molecule has 0 bridgehead atoms. The van der Waals surface area contributed by atoms with Crippen LogP contribution in [0.4, 0.5) is 0 Å². The summed E-state index contributed by atoms with van der Waals surface area (Å²) in [6.07, 6.45) is 1.04. The summed E-state index contributed by atoms with van der Waals surface area (Å²) in [6.45, 7) is 0. The first-order chi connectivity index (χ1) is 7.99. The minimum absolute atomic E-state index is 0.271. The van der Waals surface area contributed by atoms with Crippen molar-refractivity contribution in [2.75, 3.05) is 0 Å². The summed E-state index contributed by atoms with van der Waals surface area (Å²) in [5.41, 5.74) is 5.23. The lowest BCUT2D eigenvalue weighted by molar-refractivity contribution is 0.242. The minimum atomic E-state index is -3.66. The maximum atomic E-state index is 11.8. The normalized spacial score (nSPS) is 18.9. The quantitative estimate of drug-likeness (QED) is 0.766. The third kappa shape index (κ3) is 2.67. The van der Waals surface area contributed by atoms with Gasteiger partial charge in [-0.1, -0.05) is 18.2 Å². The Morgan fingerprint density at radius 2 is 2.18 bits per heavy atom. The molecular weight excluding hydrogens is 260 g/mol. The topological polar surface area (TPSA) is 81.4 Å². The predicted octanol–water partition coefficient (Wildman–Crippen LogP) is 0.501. The summed E-state index contributed by atoms with van der Waals surface area (Å²) in [5.74, 6) is 0.595. The second-order valence-corrected chi connectivity index (χ2v) is 5.96. The molecule has 0 aromatic heterocycles. The van der Waals surface area contributed by atoms with Crippen molar-refractivity contribution in [3.63, 3.8) is 0 Å². The van der Waals surface area contributed by atoms with E-state index in [-0.39, 0.29) is 5.11 Å². The molecule has 0 fully saturated rings. The molecule has 92 valence electrons. The lowest BCUT2D eigenvalue weighted by Crippen LogP contribution is -2.44. The summed E-state index contributed by atoms with van der Waals surface area (Å²) in [6, 6.07) is 7.36. The zero-order valence-electron chi connectivity index (χ0n) is 8.92. The maximum absolute atomic E-state index is 11.8. The van der Waals surface area contributed by atoms with E-state index in [2.05, 4.69) is 16.9 Å². The molecule has 0 saturated heterocycles. The van der Waals surface area contributed by atoms with Crippen LogP contribution in [0.25, 0.3) is 0 Å². The Balaban J connectivity index is 2.20. The number of nitrogens with one attached hydrogen (secondary N) is 1.